The van der Waals surface area contributed by atoms with Crippen molar-refractivity contribution in [1.82, 2.24) is 15.0 Å². The minimum Gasteiger partial charge on any atom is -0.450 e. The van der Waals surface area contributed by atoms with Crippen molar-refractivity contribution in [2.75, 3.05) is 28.7 Å². The second-order valence-corrected chi connectivity index (χ2v) is 9.82. The van der Waals surface area contributed by atoms with Gasteiger partial charge in [-0.1, -0.05) is 25.0 Å². The molecular weight excluding hydrogens is 588 g/mol. The third-order valence-electron chi connectivity index (χ3n) is 6.66. The highest BCUT2D eigenvalue weighted by Gasteiger charge is 2.21. The summed E-state index contributed by atoms with van der Waals surface area (Å²) in [4.78, 5) is 47.1. The van der Waals surface area contributed by atoms with Crippen molar-refractivity contribution in [3.63, 3.8) is 0 Å². The van der Waals surface area contributed by atoms with Gasteiger partial charge in [-0.05, 0) is 48.7 Å². The van der Waals surface area contributed by atoms with E-state index in [9.17, 15) is 30.3 Å². The summed E-state index contributed by atoms with van der Waals surface area (Å²) in [7, 11) is 0. The van der Waals surface area contributed by atoms with Crippen LogP contribution in [0.15, 0.2) is 71.8 Å². The standard InChI is InChI=1S/C28H26N10O7/c39-36(40)21-10-8-20(9-11-21)30-26-31-27(33-28(32-26)35-14-3-1-2-4-15-35)34-29-18-19-6-5-7-23(16-19)45-25-13-12-22(37(41)42)17-24(25)38(43)44/h5-13,16-18H,1-4,14-15H2,(H2,30,31,32,33,34)/b29-18+. The van der Waals surface area contributed by atoms with Crippen LogP contribution in [0.1, 0.15) is 31.2 Å². The van der Waals surface area contributed by atoms with Crippen molar-refractivity contribution < 1.29 is 19.5 Å². The summed E-state index contributed by atoms with van der Waals surface area (Å²) in [6.07, 6.45) is 5.70. The molecule has 1 fully saturated rings. The molecule has 1 aliphatic rings. The lowest BCUT2D eigenvalue weighted by molar-refractivity contribution is -0.394. The zero-order valence-electron chi connectivity index (χ0n) is 23.6. The van der Waals surface area contributed by atoms with E-state index in [1.165, 1.54) is 24.4 Å². The first-order valence-electron chi connectivity index (χ1n) is 13.8. The van der Waals surface area contributed by atoms with Gasteiger partial charge in [0.1, 0.15) is 5.75 Å². The minimum absolute atomic E-state index is 0.0430. The van der Waals surface area contributed by atoms with E-state index in [1.807, 2.05) is 0 Å². The number of anilines is 4. The monoisotopic (exact) mass is 614 g/mol. The highest BCUT2D eigenvalue weighted by atomic mass is 16.6. The molecule has 0 amide bonds. The van der Waals surface area contributed by atoms with Crippen LogP contribution in [0.2, 0.25) is 0 Å². The Morgan fingerprint density at radius 2 is 1.47 bits per heavy atom. The van der Waals surface area contributed by atoms with Crippen molar-refractivity contribution in [1.29, 1.82) is 0 Å². The van der Waals surface area contributed by atoms with Crippen molar-refractivity contribution in [2.45, 2.75) is 25.7 Å². The number of nitro benzene ring substituents is 3. The molecule has 0 spiro atoms. The van der Waals surface area contributed by atoms with Gasteiger partial charge in [0.15, 0.2) is 0 Å². The predicted molar refractivity (Wildman–Crippen MR) is 164 cm³/mol. The number of rotatable bonds is 11. The zero-order valence-corrected chi connectivity index (χ0v) is 23.6. The maximum absolute atomic E-state index is 11.5. The lowest BCUT2D eigenvalue weighted by atomic mass is 10.2. The molecule has 1 saturated heterocycles. The van der Waals surface area contributed by atoms with Crippen molar-refractivity contribution in [3.8, 4) is 11.5 Å². The first-order valence-corrected chi connectivity index (χ1v) is 13.8. The first kappa shape index (κ1) is 30.2. The summed E-state index contributed by atoms with van der Waals surface area (Å²) >= 11 is 0. The highest BCUT2D eigenvalue weighted by Crippen LogP contribution is 2.34. The molecule has 17 heteroatoms. The Morgan fingerprint density at radius 1 is 0.778 bits per heavy atom. The number of hydrogen-bond acceptors (Lipinski definition) is 14. The molecule has 0 radical (unpaired) electrons. The zero-order chi connectivity index (χ0) is 31.8. The smallest absolute Gasteiger partial charge is 0.318 e. The first-order chi connectivity index (χ1) is 21.7. The van der Waals surface area contributed by atoms with E-state index in [-0.39, 0.29) is 29.1 Å². The molecule has 230 valence electrons. The van der Waals surface area contributed by atoms with Crippen LogP contribution < -0.4 is 20.4 Å². The summed E-state index contributed by atoms with van der Waals surface area (Å²) in [5.74, 6) is 0.912. The molecule has 17 nitrogen and oxygen atoms in total. The molecule has 45 heavy (non-hydrogen) atoms. The Balaban J connectivity index is 1.34. The van der Waals surface area contributed by atoms with E-state index in [0.29, 0.717) is 17.2 Å². The normalized spacial score (nSPS) is 13.2. The van der Waals surface area contributed by atoms with Gasteiger partial charge in [-0.15, -0.1) is 0 Å². The van der Waals surface area contributed by atoms with Gasteiger partial charge in [-0.3, -0.25) is 30.3 Å². The van der Waals surface area contributed by atoms with Crippen LogP contribution in [-0.2, 0) is 0 Å². The quantitative estimate of drug-likeness (QED) is 0.113. The number of nitro groups is 3. The number of benzene rings is 3. The average Bonchev–Trinajstić information content (AvgIpc) is 3.31. The summed E-state index contributed by atoms with van der Waals surface area (Å²) in [6, 6.07) is 15.5. The van der Waals surface area contributed by atoms with Gasteiger partial charge in [0.2, 0.25) is 23.6 Å². The fourth-order valence-corrected chi connectivity index (χ4v) is 4.48. The molecule has 5 rings (SSSR count). The van der Waals surface area contributed by atoms with Crippen LogP contribution in [0.4, 0.5) is 40.6 Å². The molecule has 3 aromatic carbocycles. The van der Waals surface area contributed by atoms with E-state index in [2.05, 4.69) is 35.7 Å². The minimum atomic E-state index is -0.753. The second-order valence-electron chi connectivity index (χ2n) is 9.82. The highest BCUT2D eigenvalue weighted by molar-refractivity contribution is 5.80. The van der Waals surface area contributed by atoms with E-state index in [0.717, 1.165) is 50.9 Å². The molecule has 0 aliphatic carbocycles. The molecule has 0 unspecified atom stereocenters. The fraction of sp³-hybridized carbons (Fsp3) is 0.214. The van der Waals surface area contributed by atoms with Crippen LogP contribution in [-0.4, -0.2) is 49.0 Å². The van der Waals surface area contributed by atoms with Gasteiger partial charge < -0.3 is 15.0 Å². The molecule has 4 aromatic rings. The van der Waals surface area contributed by atoms with Crippen LogP contribution in [0.5, 0.6) is 11.5 Å². The van der Waals surface area contributed by atoms with E-state index >= 15 is 0 Å². The van der Waals surface area contributed by atoms with Crippen molar-refractivity contribution in [3.05, 3.63) is 103 Å². The number of nitrogens with one attached hydrogen (secondary N) is 2. The van der Waals surface area contributed by atoms with Gasteiger partial charge in [-0.25, -0.2) is 5.43 Å². The molecular formula is C28H26N10O7. The summed E-state index contributed by atoms with van der Waals surface area (Å²) < 4.78 is 5.67. The Kier molecular flexibility index (Phi) is 9.27. The Morgan fingerprint density at radius 3 is 2.16 bits per heavy atom. The summed E-state index contributed by atoms with van der Waals surface area (Å²) in [5, 5.41) is 40.8. The Hall–Kier alpha value is -6.26. The largest absolute Gasteiger partial charge is 0.450 e. The van der Waals surface area contributed by atoms with Crippen molar-refractivity contribution in [2.24, 2.45) is 5.10 Å². The Bertz CT molecular complexity index is 1740. The van der Waals surface area contributed by atoms with Gasteiger partial charge in [0.05, 0.1) is 27.1 Å². The third-order valence-corrected chi connectivity index (χ3v) is 6.66. The van der Waals surface area contributed by atoms with E-state index in [1.54, 1.807) is 36.4 Å². The Labute approximate surface area is 255 Å². The van der Waals surface area contributed by atoms with E-state index < -0.39 is 26.1 Å². The molecule has 0 atom stereocenters. The van der Waals surface area contributed by atoms with Crippen LogP contribution in [0.25, 0.3) is 0 Å². The maximum atomic E-state index is 11.5. The average molecular weight is 615 g/mol. The van der Waals surface area contributed by atoms with Crippen molar-refractivity contribution >= 4 is 46.8 Å². The molecule has 2 heterocycles. The fourth-order valence-electron chi connectivity index (χ4n) is 4.48. The third kappa shape index (κ3) is 7.98. The molecule has 0 saturated carbocycles. The van der Waals surface area contributed by atoms with Crippen LogP contribution in [0.3, 0.4) is 0 Å². The van der Waals surface area contributed by atoms with Crippen LogP contribution in [0, 0.1) is 30.3 Å². The molecule has 2 N–H and O–H groups in total. The SMILES string of the molecule is O=[N+]([O-])c1ccc(Nc2nc(N/N=C/c3cccc(Oc4ccc([N+](=O)[O-])cc4[N+](=O)[O-])c3)nc(N3CCCCCC3)n2)cc1. The number of hydrogen-bond donors (Lipinski definition) is 2. The van der Waals surface area contributed by atoms with Gasteiger partial charge in [-0.2, -0.15) is 20.1 Å². The molecule has 0 bridgehead atoms. The number of non-ortho nitro benzene ring substituents is 2. The lowest BCUT2D eigenvalue weighted by Crippen LogP contribution is -2.26. The molecule has 1 aliphatic heterocycles. The van der Waals surface area contributed by atoms with Gasteiger partial charge in [0, 0.05) is 37.0 Å². The van der Waals surface area contributed by atoms with Crippen LogP contribution >= 0.6 is 0 Å². The van der Waals surface area contributed by atoms with Gasteiger partial charge >= 0.3 is 5.69 Å². The second kappa shape index (κ2) is 13.8. The van der Waals surface area contributed by atoms with E-state index in [4.69, 9.17) is 4.74 Å². The number of ether oxygens (including phenoxy) is 1. The maximum Gasteiger partial charge on any atom is 0.318 e. The topological polar surface area (TPSA) is 217 Å². The number of nitrogens with zero attached hydrogens (tertiary/aromatic N) is 8. The predicted octanol–water partition coefficient (Wildman–Crippen LogP) is 5.96. The number of aromatic nitrogens is 3. The lowest BCUT2D eigenvalue weighted by Gasteiger charge is -2.21. The summed E-state index contributed by atoms with van der Waals surface area (Å²) in [6.45, 7) is 1.56. The summed E-state index contributed by atoms with van der Waals surface area (Å²) in [5.41, 5.74) is 2.91. The molecule has 1 aromatic heterocycles. The van der Waals surface area contributed by atoms with Gasteiger partial charge in [0.25, 0.3) is 11.4 Å². The number of hydrazone groups is 1.